The fraction of sp³-hybridized carbons (Fsp3) is 0.357. The van der Waals surface area contributed by atoms with Crippen LogP contribution in [0.5, 0.6) is 0 Å². The van der Waals surface area contributed by atoms with Gasteiger partial charge in [-0.15, -0.1) is 0 Å². The Bertz CT molecular complexity index is 696. The Morgan fingerprint density at radius 2 is 2.10 bits per heavy atom. The van der Waals surface area contributed by atoms with Crippen molar-refractivity contribution < 1.29 is 9.31 Å². The molecule has 1 aliphatic carbocycles. The van der Waals surface area contributed by atoms with Crippen LogP contribution in [-0.4, -0.2) is 20.7 Å². The number of halogens is 1. The van der Waals surface area contributed by atoms with Crippen molar-refractivity contribution in [3.05, 3.63) is 51.5 Å². The maximum atomic E-state index is 12.9. The summed E-state index contributed by atoms with van der Waals surface area (Å²) in [5.41, 5.74) is 1.45. The molecule has 0 spiro atoms. The monoisotopic (exact) mass is 290 g/mol. The first-order chi connectivity index (χ1) is 9.97. The van der Waals surface area contributed by atoms with Gasteiger partial charge in [0.1, 0.15) is 11.5 Å². The number of hydrogen-bond acceptors (Lipinski definition) is 4. The van der Waals surface area contributed by atoms with Crippen molar-refractivity contribution >= 4 is 11.5 Å². The number of benzene rings is 1. The fourth-order valence-corrected chi connectivity index (χ4v) is 2.64. The van der Waals surface area contributed by atoms with Gasteiger partial charge in [-0.1, -0.05) is 12.1 Å². The van der Waals surface area contributed by atoms with Gasteiger partial charge in [-0.2, -0.15) is 5.10 Å². The Kier molecular flexibility index (Phi) is 3.12. The molecule has 1 N–H and O–H groups in total. The average Bonchev–Trinajstić information content (AvgIpc) is 3.11. The molecule has 0 aliphatic heterocycles. The summed E-state index contributed by atoms with van der Waals surface area (Å²) in [6.45, 7) is 1.62. The lowest BCUT2D eigenvalue weighted by atomic mass is 10.1. The molecule has 0 bridgehead atoms. The molecule has 2 atom stereocenters. The van der Waals surface area contributed by atoms with Gasteiger partial charge in [0.25, 0.3) is 0 Å². The summed E-state index contributed by atoms with van der Waals surface area (Å²) in [5, 5.41) is 18.4. The minimum Gasteiger partial charge on any atom is -0.361 e. The number of nitrogens with one attached hydrogen (secondary N) is 1. The standard InChI is InChI=1S/C14H15FN4O2/c1-8-13(19(20)21)14(18(2)17-8)16-12-7-11(12)9-3-5-10(15)6-4-9/h3-6,11-12,16H,7H2,1-2H3/t11-,12+/m0/s1. The molecule has 0 unspecified atom stereocenters. The highest BCUT2D eigenvalue weighted by Gasteiger charge is 2.40. The summed E-state index contributed by atoms with van der Waals surface area (Å²) in [4.78, 5) is 10.7. The first kappa shape index (κ1) is 13.5. The third kappa shape index (κ3) is 2.46. The molecule has 1 saturated carbocycles. The second-order valence-electron chi connectivity index (χ2n) is 5.31. The number of hydrogen-bond donors (Lipinski definition) is 1. The summed E-state index contributed by atoms with van der Waals surface area (Å²) in [5.74, 6) is 0.411. The SMILES string of the molecule is Cc1nn(C)c(N[C@@H]2C[C@H]2c2ccc(F)cc2)c1[N+](=O)[O-]. The predicted octanol–water partition coefficient (Wildman–Crippen LogP) is 2.74. The van der Waals surface area contributed by atoms with Crippen LogP contribution in [-0.2, 0) is 7.05 Å². The quantitative estimate of drug-likeness (QED) is 0.694. The Labute approximate surface area is 120 Å². The van der Waals surface area contributed by atoms with E-state index in [4.69, 9.17) is 0 Å². The number of aryl methyl sites for hydroxylation is 2. The van der Waals surface area contributed by atoms with Crippen molar-refractivity contribution in [2.75, 3.05) is 5.32 Å². The fourth-order valence-electron chi connectivity index (χ4n) is 2.64. The molecule has 0 radical (unpaired) electrons. The topological polar surface area (TPSA) is 73.0 Å². The van der Waals surface area contributed by atoms with Gasteiger partial charge in [0.15, 0.2) is 0 Å². The predicted molar refractivity (Wildman–Crippen MR) is 75.8 cm³/mol. The third-order valence-electron chi connectivity index (χ3n) is 3.78. The van der Waals surface area contributed by atoms with E-state index in [2.05, 4.69) is 10.4 Å². The van der Waals surface area contributed by atoms with E-state index in [0.717, 1.165) is 12.0 Å². The minimum atomic E-state index is -0.417. The maximum Gasteiger partial charge on any atom is 0.333 e. The molecule has 1 fully saturated rings. The van der Waals surface area contributed by atoms with Crippen molar-refractivity contribution in [1.82, 2.24) is 9.78 Å². The van der Waals surface area contributed by atoms with Gasteiger partial charge >= 0.3 is 5.69 Å². The number of aromatic nitrogens is 2. The summed E-state index contributed by atoms with van der Waals surface area (Å²) >= 11 is 0. The molecule has 6 nitrogen and oxygen atoms in total. The molecule has 1 aromatic heterocycles. The maximum absolute atomic E-state index is 12.9. The van der Waals surface area contributed by atoms with Gasteiger partial charge in [0, 0.05) is 19.0 Å². The van der Waals surface area contributed by atoms with Crippen LogP contribution in [0.1, 0.15) is 23.6 Å². The molecule has 3 rings (SSSR count). The van der Waals surface area contributed by atoms with Gasteiger partial charge < -0.3 is 5.32 Å². The number of anilines is 1. The number of nitro groups is 1. The van der Waals surface area contributed by atoms with Crippen LogP contribution in [0.3, 0.4) is 0 Å². The lowest BCUT2D eigenvalue weighted by Crippen LogP contribution is -2.10. The molecular formula is C14H15FN4O2. The van der Waals surface area contributed by atoms with Gasteiger partial charge in [-0.05, 0) is 31.0 Å². The van der Waals surface area contributed by atoms with Crippen molar-refractivity contribution in [3.63, 3.8) is 0 Å². The highest BCUT2D eigenvalue weighted by atomic mass is 19.1. The Balaban J connectivity index is 1.78. The highest BCUT2D eigenvalue weighted by Crippen LogP contribution is 2.44. The molecule has 1 aromatic carbocycles. The van der Waals surface area contributed by atoms with E-state index in [-0.39, 0.29) is 23.5 Å². The molecule has 1 heterocycles. The van der Waals surface area contributed by atoms with Crippen LogP contribution >= 0.6 is 0 Å². The summed E-state index contributed by atoms with van der Waals surface area (Å²) in [7, 11) is 1.68. The molecule has 21 heavy (non-hydrogen) atoms. The number of rotatable bonds is 4. The molecule has 1 aliphatic rings. The zero-order chi connectivity index (χ0) is 15.1. The van der Waals surface area contributed by atoms with Gasteiger partial charge in [0.2, 0.25) is 5.82 Å². The minimum absolute atomic E-state index is 0.0160. The first-order valence-corrected chi connectivity index (χ1v) is 6.67. The largest absolute Gasteiger partial charge is 0.361 e. The van der Waals surface area contributed by atoms with Gasteiger partial charge in [0.05, 0.1) is 4.92 Å². The molecule has 110 valence electrons. The van der Waals surface area contributed by atoms with Crippen molar-refractivity contribution in [3.8, 4) is 0 Å². The smallest absolute Gasteiger partial charge is 0.333 e. The summed E-state index contributed by atoms with van der Waals surface area (Å²) in [6, 6.07) is 6.49. The van der Waals surface area contributed by atoms with E-state index in [9.17, 15) is 14.5 Å². The van der Waals surface area contributed by atoms with Crippen LogP contribution in [0.15, 0.2) is 24.3 Å². The van der Waals surface area contributed by atoms with Gasteiger partial charge in [-0.25, -0.2) is 9.07 Å². The zero-order valence-corrected chi connectivity index (χ0v) is 11.7. The van der Waals surface area contributed by atoms with Gasteiger partial charge in [-0.3, -0.25) is 10.1 Å². The second kappa shape index (κ2) is 4.83. The first-order valence-electron chi connectivity index (χ1n) is 6.67. The molecule has 0 saturated heterocycles. The number of nitrogens with zero attached hydrogens (tertiary/aromatic N) is 3. The van der Waals surface area contributed by atoms with Crippen LogP contribution in [0.25, 0.3) is 0 Å². The van der Waals surface area contributed by atoms with Crippen LogP contribution in [0.4, 0.5) is 15.9 Å². The van der Waals surface area contributed by atoms with E-state index < -0.39 is 4.92 Å². The van der Waals surface area contributed by atoms with E-state index >= 15 is 0 Å². The van der Waals surface area contributed by atoms with E-state index in [1.54, 1.807) is 26.1 Å². The Morgan fingerprint density at radius 1 is 1.43 bits per heavy atom. The van der Waals surface area contributed by atoms with Crippen molar-refractivity contribution in [2.24, 2.45) is 7.05 Å². The second-order valence-corrected chi connectivity index (χ2v) is 5.31. The van der Waals surface area contributed by atoms with Crippen LogP contribution in [0, 0.1) is 22.9 Å². The molecule has 0 amide bonds. The van der Waals surface area contributed by atoms with E-state index in [1.807, 2.05) is 0 Å². The highest BCUT2D eigenvalue weighted by molar-refractivity contribution is 5.61. The summed E-state index contributed by atoms with van der Waals surface area (Å²) in [6.07, 6.45) is 0.868. The molecular weight excluding hydrogens is 275 g/mol. The lowest BCUT2D eigenvalue weighted by Gasteiger charge is -2.06. The van der Waals surface area contributed by atoms with Crippen LogP contribution in [0.2, 0.25) is 0 Å². The molecule has 2 aromatic rings. The summed E-state index contributed by atoms with van der Waals surface area (Å²) < 4.78 is 14.4. The zero-order valence-electron chi connectivity index (χ0n) is 11.7. The Hall–Kier alpha value is -2.44. The van der Waals surface area contributed by atoms with Crippen molar-refractivity contribution in [2.45, 2.75) is 25.3 Å². The van der Waals surface area contributed by atoms with E-state index in [0.29, 0.717) is 11.5 Å². The average molecular weight is 290 g/mol. The van der Waals surface area contributed by atoms with E-state index in [1.165, 1.54) is 16.8 Å². The Morgan fingerprint density at radius 3 is 2.71 bits per heavy atom. The third-order valence-corrected chi connectivity index (χ3v) is 3.78. The lowest BCUT2D eigenvalue weighted by molar-refractivity contribution is -0.384. The van der Waals surface area contributed by atoms with Crippen LogP contribution < -0.4 is 5.32 Å². The normalized spacial score (nSPS) is 20.3. The van der Waals surface area contributed by atoms with Crippen molar-refractivity contribution in [1.29, 1.82) is 0 Å². The molecule has 7 heteroatoms.